The third kappa shape index (κ3) is 8.98. The van der Waals surface area contributed by atoms with Crippen molar-refractivity contribution >= 4 is 160 Å². The Morgan fingerprint density at radius 1 is 0.167 bits per heavy atom. The van der Waals surface area contributed by atoms with E-state index < -0.39 is 0 Å². The molecule has 0 amide bonds. The molecule has 0 unspecified atom stereocenters. The molecule has 0 radical (unpaired) electrons. The number of thiophene rings is 3. The minimum absolute atomic E-state index is 0.574. The van der Waals surface area contributed by atoms with Crippen LogP contribution in [-0.4, -0.2) is 28.7 Å². The summed E-state index contributed by atoms with van der Waals surface area (Å²) in [4.78, 5) is 16.5. The summed E-state index contributed by atoms with van der Waals surface area (Å²) < 4.78 is 15.0. The molecule has 22 aromatic rings. The number of aromatic nitrogens is 6. The molecule has 0 spiro atoms. The van der Waals surface area contributed by atoms with Gasteiger partial charge in [-0.1, -0.05) is 206 Å². The third-order valence-electron chi connectivity index (χ3n) is 20.9. The molecule has 7 heterocycles. The number of benzene rings is 15. The van der Waals surface area contributed by atoms with E-state index in [1.807, 2.05) is 34.0 Å². The maximum atomic E-state index is 5.53. The van der Waals surface area contributed by atoms with E-state index in [9.17, 15) is 0 Å². The molecule has 0 N–H and O–H groups in total. The van der Waals surface area contributed by atoms with E-state index in [0.717, 1.165) is 78.0 Å². The van der Waals surface area contributed by atoms with Gasteiger partial charge in [-0.05, 0) is 155 Å². The summed E-state index contributed by atoms with van der Waals surface area (Å²) in [5, 5.41) is 15.0. The van der Waals surface area contributed by atoms with Gasteiger partial charge in [-0.15, -0.1) is 34.0 Å². The van der Waals surface area contributed by atoms with Crippen LogP contribution in [0.2, 0.25) is 0 Å². The second-order valence-corrected chi connectivity index (χ2v) is 29.9. The zero-order valence-corrected chi connectivity index (χ0v) is 57.0. The van der Waals surface area contributed by atoms with Crippen LogP contribution in [0.15, 0.2) is 328 Å². The molecule has 474 valence electrons. The molecule has 22 rings (SSSR count). The average Bonchev–Trinajstić information content (AvgIpc) is 1.59. The predicted octanol–water partition coefficient (Wildman–Crippen LogP) is 26.3. The summed E-state index contributed by atoms with van der Waals surface area (Å²) in [6, 6.07) is 120. The first-order chi connectivity index (χ1) is 50.5. The normalized spacial score (nSPS) is 12.1. The van der Waals surface area contributed by atoms with Crippen molar-refractivity contribution < 1.29 is 0 Å². The molecule has 0 bridgehead atoms. The predicted molar refractivity (Wildman–Crippen MR) is 434 cm³/mol. The molecule has 6 nitrogen and oxygen atoms in total. The van der Waals surface area contributed by atoms with Crippen molar-refractivity contribution in [1.29, 1.82) is 0 Å². The van der Waals surface area contributed by atoms with Crippen molar-refractivity contribution in [3.63, 3.8) is 0 Å². The van der Waals surface area contributed by atoms with Crippen LogP contribution in [-0.2, 0) is 0 Å². The smallest absolute Gasteiger partial charge is 0.164 e. The Morgan fingerprint density at radius 2 is 0.441 bits per heavy atom. The highest BCUT2D eigenvalue weighted by molar-refractivity contribution is 7.26. The maximum absolute atomic E-state index is 5.53. The first-order valence-corrected chi connectivity index (χ1v) is 36.9. The van der Waals surface area contributed by atoms with Gasteiger partial charge < -0.3 is 13.7 Å². The molecule has 0 aliphatic rings. The van der Waals surface area contributed by atoms with E-state index in [0.29, 0.717) is 17.5 Å². The molecular weight excluding hydrogens is 1300 g/mol. The summed E-state index contributed by atoms with van der Waals surface area (Å²) in [6.07, 6.45) is 0. The summed E-state index contributed by atoms with van der Waals surface area (Å²) >= 11 is 5.57. The van der Waals surface area contributed by atoms with Gasteiger partial charge in [0.15, 0.2) is 17.5 Å². The number of fused-ring (bicyclic) bond motifs is 18. The third-order valence-corrected chi connectivity index (χ3v) is 24.3. The molecule has 0 aliphatic carbocycles. The number of nitrogens with zero attached hydrogens (tertiary/aromatic N) is 6. The van der Waals surface area contributed by atoms with E-state index in [1.54, 1.807) is 0 Å². The zero-order valence-electron chi connectivity index (χ0n) is 54.6. The maximum Gasteiger partial charge on any atom is 0.164 e. The van der Waals surface area contributed by atoms with Gasteiger partial charge in [0.05, 0.1) is 33.1 Å². The fourth-order valence-electron chi connectivity index (χ4n) is 16.1. The lowest BCUT2D eigenvalue weighted by atomic mass is 10.0. The zero-order chi connectivity index (χ0) is 66.7. The first kappa shape index (κ1) is 57.3. The molecule has 102 heavy (non-hydrogen) atoms. The lowest BCUT2D eigenvalue weighted by Gasteiger charge is -2.14. The summed E-state index contributed by atoms with van der Waals surface area (Å²) in [5.41, 5.74) is 19.5. The van der Waals surface area contributed by atoms with Gasteiger partial charge in [0.1, 0.15) is 0 Å². The monoisotopic (exact) mass is 1350 g/mol. The van der Waals surface area contributed by atoms with E-state index >= 15 is 0 Å². The van der Waals surface area contributed by atoms with Crippen LogP contribution in [0.1, 0.15) is 0 Å². The topological polar surface area (TPSA) is 53.5 Å². The number of rotatable bonds is 9. The van der Waals surface area contributed by atoms with Gasteiger partial charge in [-0.3, -0.25) is 0 Å². The number of hydrogen-bond acceptors (Lipinski definition) is 6. The van der Waals surface area contributed by atoms with Crippen LogP contribution in [0.25, 0.3) is 211 Å². The first-order valence-electron chi connectivity index (χ1n) is 34.4. The molecule has 15 aromatic carbocycles. The Kier molecular flexibility index (Phi) is 12.6. The molecular formula is C93H54N6S3. The highest BCUT2D eigenvalue weighted by Crippen LogP contribution is 2.45. The summed E-state index contributed by atoms with van der Waals surface area (Å²) in [6.45, 7) is 0. The van der Waals surface area contributed by atoms with Crippen LogP contribution >= 0.6 is 34.0 Å². The Hall–Kier alpha value is -12.6. The van der Waals surface area contributed by atoms with Crippen LogP contribution in [0, 0.1) is 0 Å². The van der Waals surface area contributed by atoms with Gasteiger partial charge in [0.25, 0.3) is 0 Å². The minimum atomic E-state index is 0.574. The van der Waals surface area contributed by atoms with Gasteiger partial charge >= 0.3 is 0 Å². The van der Waals surface area contributed by atoms with Gasteiger partial charge in [-0.25, -0.2) is 15.0 Å². The average molecular weight is 1350 g/mol. The summed E-state index contributed by atoms with van der Waals surface area (Å²) in [7, 11) is 0. The summed E-state index contributed by atoms with van der Waals surface area (Å²) in [5.74, 6) is 1.73. The van der Waals surface area contributed by atoms with Crippen molar-refractivity contribution in [3.05, 3.63) is 328 Å². The van der Waals surface area contributed by atoms with Gasteiger partial charge in [0.2, 0.25) is 0 Å². The van der Waals surface area contributed by atoms with E-state index in [1.165, 1.54) is 115 Å². The second kappa shape index (κ2) is 22.4. The SMILES string of the molecule is c1cc(-c2nc(-c3ccc(-n4c5ccccc5c5ccc(-c6ccc7c(c6)sc6ccccc67)cc54)cc3)nc(-c3cccc(-n4c5ccccc5c5ccc(-c6ccc7c(c6)sc6ccccc67)cc54)c3)n2)cc(-n2c3ccccc3c3ccc(-c4ccc5c(c4)sc4ccccc45)cc32)c1. The molecule has 0 saturated carbocycles. The standard InChI is InChI=1S/C93H54N6S3/c1-7-25-79-67(19-1)70-41-33-56(59-36-44-76-73-22-4-10-28-85(73)100-88(76)52-59)49-82(70)97(79)64-39-31-55(32-40-64)91-94-92(62-15-13-17-65(47-62)98-80-26-8-2-20-68(80)71-42-34-57(50-83(71)98)60-37-45-77-74-23-5-11-29-86(74)101-89(77)53-60)96-93(95-91)63-16-14-18-66(48-63)99-81-27-9-3-21-69(81)72-43-35-58(51-84(72)99)61-38-46-78-75-24-6-12-30-87(75)102-90(78)54-61/h1-54H. The molecule has 0 aliphatic heterocycles. The quantitative estimate of drug-likeness (QED) is 0.145. The molecule has 0 atom stereocenters. The second-order valence-electron chi connectivity index (χ2n) is 26.6. The highest BCUT2D eigenvalue weighted by Gasteiger charge is 2.22. The van der Waals surface area contributed by atoms with E-state index in [2.05, 4.69) is 341 Å². The molecule has 0 fully saturated rings. The van der Waals surface area contributed by atoms with Crippen molar-refractivity contribution in [3.8, 4) is 84.6 Å². The van der Waals surface area contributed by atoms with E-state index in [4.69, 9.17) is 15.0 Å². The fourth-order valence-corrected chi connectivity index (χ4v) is 19.5. The van der Waals surface area contributed by atoms with Crippen LogP contribution in [0.5, 0.6) is 0 Å². The molecule has 7 aromatic heterocycles. The molecule has 0 saturated heterocycles. The van der Waals surface area contributed by atoms with Gasteiger partial charge in [-0.2, -0.15) is 0 Å². The van der Waals surface area contributed by atoms with Crippen molar-refractivity contribution in [1.82, 2.24) is 28.7 Å². The van der Waals surface area contributed by atoms with Crippen molar-refractivity contribution in [2.75, 3.05) is 0 Å². The van der Waals surface area contributed by atoms with E-state index in [-0.39, 0.29) is 0 Å². The van der Waals surface area contributed by atoms with Crippen LogP contribution in [0.4, 0.5) is 0 Å². The van der Waals surface area contributed by atoms with Crippen molar-refractivity contribution in [2.24, 2.45) is 0 Å². The van der Waals surface area contributed by atoms with Crippen LogP contribution in [0.3, 0.4) is 0 Å². The lowest BCUT2D eigenvalue weighted by Crippen LogP contribution is -2.02. The Labute approximate surface area is 596 Å². The lowest BCUT2D eigenvalue weighted by molar-refractivity contribution is 1.07. The van der Waals surface area contributed by atoms with Crippen LogP contribution < -0.4 is 0 Å². The fraction of sp³-hybridized carbons (Fsp3) is 0. The van der Waals surface area contributed by atoms with Gasteiger partial charge in [0, 0.05) is 127 Å². The Bertz CT molecular complexity index is 6990. The largest absolute Gasteiger partial charge is 0.309 e. The minimum Gasteiger partial charge on any atom is -0.309 e. The number of para-hydroxylation sites is 3. The number of hydrogen-bond donors (Lipinski definition) is 0. The highest BCUT2D eigenvalue weighted by atomic mass is 32.1. The Balaban J connectivity index is 0.691. The molecule has 9 heteroatoms. The Morgan fingerprint density at radius 3 is 0.814 bits per heavy atom. The van der Waals surface area contributed by atoms with Crippen molar-refractivity contribution in [2.45, 2.75) is 0 Å².